The van der Waals surface area contributed by atoms with Crippen LogP contribution in [0.15, 0.2) is 0 Å². The van der Waals surface area contributed by atoms with Gasteiger partial charge in [-0.15, -0.1) is 0 Å². The van der Waals surface area contributed by atoms with Crippen molar-refractivity contribution in [1.82, 2.24) is 0 Å². The average Bonchev–Trinajstić information content (AvgIpc) is 1.62. The first-order valence-electron chi connectivity index (χ1n) is 3.09. The highest BCUT2D eigenvalue weighted by Crippen LogP contribution is 2.30. The van der Waals surface area contributed by atoms with Gasteiger partial charge in [0, 0.05) is 0 Å². The summed E-state index contributed by atoms with van der Waals surface area (Å²) in [5, 5.41) is 8.30. The quantitative estimate of drug-likeness (QED) is 0.576. The molecule has 1 aliphatic rings. The molecule has 0 spiro atoms. The fourth-order valence-electron chi connectivity index (χ4n) is 0.951. The Kier molecular flexibility index (Phi) is 1.84. The van der Waals surface area contributed by atoms with Crippen molar-refractivity contribution in [3.05, 3.63) is 0 Å². The van der Waals surface area contributed by atoms with Crippen LogP contribution in [0.25, 0.3) is 0 Å². The van der Waals surface area contributed by atoms with E-state index in [-0.39, 0.29) is 12.5 Å². The first-order valence-corrected chi connectivity index (χ1v) is 3.09. The van der Waals surface area contributed by atoms with Crippen LogP contribution < -0.4 is 0 Å². The minimum absolute atomic E-state index is 0.181. The number of hydrogen-bond donors (Lipinski definition) is 1. The highest BCUT2D eigenvalue weighted by atomic mass is 19.1. The molecule has 1 fully saturated rings. The standard InChI is InChI=1S/C6H11FO/c7-6(4-8)5-2-1-3-5/h5-6,8H,1-4H2. The fraction of sp³-hybridized carbons (Fsp3) is 1.00. The molecule has 0 aromatic rings. The summed E-state index contributed by atoms with van der Waals surface area (Å²) in [5.74, 6) is 0.181. The lowest BCUT2D eigenvalue weighted by Crippen LogP contribution is -2.25. The third-order valence-electron chi connectivity index (χ3n) is 1.84. The molecule has 1 nitrogen and oxygen atoms in total. The van der Waals surface area contributed by atoms with Gasteiger partial charge in [0.25, 0.3) is 0 Å². The summed E-state index contributed by atoms with van der Waals surface area (Å²) in [6, 6.07) is 0. The Morgan fingerprint density at radius 1 is 1.62 bits per heavy atom. The first kappa shape index (κ1) is 6.02. The zero-order valence-corrected chi connectivity index (χ0v) is 4.81. The van der Waals surface area contributed by atoms with Crippen LogP contribution in [0.3, 0.4) is 0 Å². The van der Waals surface area contributed by atoms with Crippen molar-refractivity contribution in [2.45, 2.75) is 25.4 Å². The smallest absolute Gasteiger partial charge is 0.126 e. The third-order valence-corrected chi connectivity index (χ3v) is 1.84. The minimum atomic E-state index is -0.941. The van der Waals surface area contributed by atoms with Crippen molar-refractivity contribution in [2.75, 3.05) is 6.61 Å². The molecule has 0 aromatic heterocycles. The van der Waals surface area contributed by atoms with Gasteiger partial charge in [-0.1, -0.05) is 6.42 Å². The zero-order chi connectivity index (χ0) is 5.98. The van der Waals surface area contributed by atoms with E-state index in [4.69, 9.17) is 5.11 Å². The Morgan fingerprint density at radius 3 is 2.38 bits per heavy atom. The topological polar surface area (TPSA) is 20.2 Å². The maximum Gasteiger partial charge on any atom is 0.126 e. The summed E-state index contributed by atoms with van der Waals surface area (Å²) in [6.45, 7) is -0.287. The fourth-order valence-corrected chi connectivity index (χ4v) is 0.951. The molecule has 2 heteroatoms. The van der Waals surface area contributed by atoms with Gasteiger partial charge in [-0.25, -0.2) is 4.39 Å². The van der Waals surface area contributed by atoms with E-state index in [1.54, 1.807) is 0 Å². The van der Waals surface area contributed by atoms with Gasteiger partial charge in [-0.05, 0) is 18.8 Å². The normalized spacial score (nSPS) is 24.8. The highest BCUT2D eigenvalue weighted by Gasteiger charge is 2.25. The van der Waals surface area contributed by atoms with Crippen molar-refractivity contribution >= 4 is 0 Å². The van der Waals surface area contributed by atoms with Crippen LogP contribution in [0.1, 0.15) is 19.3 Å². The van der Waals surface area contributed by atoms with Gasteiger partial charge >= 0.3 is 0 Å². The molecular formula is C6H11FO. The van der Waals surface area contributed by atoms with E-state index >= 15 is 0 Å². The van der Waals surface area contributed by atoms with E-state index in [1.165, 1.54) is 0 Å². The zero-order valence-electron chi connectivity index (χ0n) is 4.81. The summed E-state index contributed by atoms with van der Waals surface area (Å²) in [6.07, 6.45) is 2.15. The number of aliphatic hydroxyl groups excluding tert-OH is 1. The molecule has 1 saturated carbocycles. The van der Waals surface area contributed by atoms with Crippen LogP contribution in [-0.2, 0) is 0 Å². The molecule has 48 valence electrons. The lowest BCUT2D eigenvalue weighted by Gasteiger charge is -2.27. The van der Waals surface area contributed by atoms with E-state index in [0.29, 0.717) is 0 Å². The van der Waals surface area contributed by atoms with Crippen LogP contribution in [-0.4, -0.2) is 17.9 Å². The summed E-state index contributed by atoms with van der Waals surface area (Å²) < 4.78 is 12.3. The Bertz CT molecular complexity index is 68.2. The van der Waals surface area contributed by atoms with Crippen LogP contribution >= 0.6 is 0 Å². The van der Waals surface area contributed by atoms with Crippen molar-refractivity contribution in [1.29, 1.82) is 0 Å². The monoisotopic (exact) mass is 118 g/mol. The minimum Gasteiger partial charge on any atom is -0.393 e. The molecule has 0 saturated heterocycles. The van der Waals surface area contributed by atoms with E-state index in [9.17, 15) is 4.39 Å². The van der Waals surface area contributed by atoms with Gasteiger partial charge < -0.3 is 5.11 Å². The third kappa shape index (κ3) is 0.996. The molecule has 0 aromatic carbocycles. The largest absolute Gasteiger partial charge is 0.393 e. The molecule has 1 unspecified atom stereocenters. The molecule has 0 radical (unpaired) electrons. The van der Waals surface area contributed by atoms with E-state index in [2.05, 4.69) is 0 Å². The second-order valence-electron chi connectivity index (χ2n) is 2.39. The average molecular weight is 118 g/mol. The van der Waals surface area contributed by atoms with E-state index < -0.39 is 6.17 Å². The highest BCUT2D eigenvalue weighted by molar-refractivity contribution is 4.76. The molecule has 0 heterocycles. The lowest BCUT2D eigenvalue weighted by atomic mass is 9.82. The molecule has 8 heavy (non-hydrogen) atoms. The lowest BCUT2D eigenvalue weighted by molar-refractivity contribution is 0.0842. The van der Waals surface area contributed by atoms with Crippen molar-refractivity contribution < 1.29 is 9.50 Å². The van der Waals surface area contributed by atoms with Gasteiger partial charge in [-0.3, -0.25) is 0 Å². The van der Waals surface area contributed by atoms with Crippen LogP contribution in [0.2, 0.25) is 0 Å². The number of rotatable bonds is 2. The first-order chi connectivity index (χ1) is 3.84. The number of aliphatic hydroxyl groups is 1. The summed E-state index contributed by atoms with van der Waals surface area (Å²) >= 11 is 0. The predicted octanol–water partition coefficient (Wildman–Crippen LogP) is 1.12. The van der Waals surface area contributed by atoms with Crippen LogP contribution in [0, 0.1) is 5.92 Å². The predicted molar refractivity (Wildman–Crippen MR) is 29.3 cm³/mol. The van der Waals surface area contributed by atoms with Crippen molar-refractivity contribution in [2.24, 2.45) is 5.92 Å². The van der Waals surface area contributed by atoms with Gasteiger partial charge in [0.05, 0.1) is 6.61 Å². The number of hydrogen-bond acceptors (Lipinski definition) is 1. The van der Waals surface area contributed by atoms with Gasteiger partial charge in [0.15, 0.2) is 0 Å². The van der Waals surface area contributed by atoms with E-state index in [0.717, 1.165) is 19.3 Å². The van der Waals surface area contributed by atoms with E-state index in [1.807, 2.05) is 0 Å². The maximum atomic E-state index is 12.3. The Labute approximate surface area is 48.5 Å². The molecule has 1 N–H and O–H groups in total. The van der Waals surface area contributed by atoms with Gasteiger partial charge in [-0.2, -0.15) is 0 Å². The molecule has 0 bridgehead atoms. The number of halogens is 1. The molecule has 1 rings (SSSR count). The second-order valence-corrected chi connectivity index (χ2v) is 2.39. The summed E-state index contributed by atoms with van der Waals surface area (Å²) in [4.78, 5) is 0. The van der Waals surface area contributed by atoms with Gasteiger partial charge in [0.2, 0.25) is 0 Å². The van der Waals surface area contributed by atoms with Crippen molar-refractivity contribution in [3.63, 3.8) is 0 Å². The Morgan fingerprint density at radius 2 is 2.25 bits per heavy atom. The molecule has 0 amide bonds. The SMILES string of the molecule is OCC(F)C1CCC1. The molecule has 1 atom stereocenters. The van der Waals surface area contributed by atoms with Gasteiger partial charge in [0.1, 0.15) is 6.17 Å². The molecule has 1 aliphatic carbocycles. The summed E-state index contributed by atoms with van der Waals surface area (Å²) in [5.41, 5.74) is 0. The van der Waals surface area contributed by atoms with Crippen molar-refractivity contribution in [3.8, 4) is 0 Å². The molecule has 0 aliphatic heterocycles. The second kappa shape index (κ2) is 2.44. The maximum absolute atomic E-state index is 12.3. The number of alkyl halides is 1. The van der Waals surface area contributed by atoms with Crippen LogP contribution in [0.5, 0.6) is 0 Å². The Balaban J connectivity index is 2.13. The van der Waals surface area contributed by atoms with Crippen LogP contribution in [0.4, 0.5) is 4.39 Å². The summed E-state index contributed by atoms with van der Waals surface area (Å²) in [7, 11) is 0. The molecular weight excluding hydrogens is 107 g/mol. The Hall–Kier alpha value is -0.110.